The summed E-state index contributed by atoms with van der Waals surface area (Å²) in [6, 6.07) is 5.50. The monoisotopic (exact) mass is 310 g/mol. The molecule has 0 amide bonds. The number of hydrogen-bond acceptors (Lipinski definition) is 3. The van der Waals surface area contributed by atoms with E-state index in [9.17, 15) is 21.6 Å². The number of alkyl halides is 3. The number of para-hydroxylation sites is 1. The van der Waals surface area contributed by atoms with Gasteiger partial charge in [0.15, 0.2) is 0 Å². The summed E-state index contributed by atoms with van der Waals surface area (Å²) in [5.74, 6) is 0. The van der Waals surface area contributed by atoms with Crippen LogP contribution in [-0.4, -0.2) is 32.0 Å². The largest absolute Gasteiger partial charge is 0.402 e. The molecule has 1 aromatic carbocycles. The Morgan fingerprint density at radius 1 is 1.25 bits per heavy atom. The van der Waals surface area contributed by atoms with E-state index < -0.39 is 22.7 Å². The first-order chi connectivity index (χ1) is 9.18. The second-order valence-electron chi connectivity index (χ2n) is 4.35. The fourth-order valence-corrected chi connectivity index (χ4v) is 3.25. The maximum absolute atomic E-state index is 12.5. The van der Waals surface area contributed by atoms with Crippen LogP contribution in [-0.2, 0) is 10.0 Å². The van der Waals surface area contributed by atoms with Gasteiger partial charge < -0.3 is 5.73 Å². The normalized spacial score (nSPS) is 12.8. The van der Waals surface area contributed by atoms with Gasteiger partial charge in [0.1, 0.15) is 11.4 Å². The summed E-state index contributed by atoms with van der Waals surface area (Å²) in [5, 5.41) is 0. The Kier molecular flexibility index (Phi) is 5.41. The second-order valence-corrected chi connectivity index (χ2v) is 6.25. The topological polar surface area (TPSA) is 63.4 Å². The SMILES string of the molecule is CCCCN(CC(F)(F)F)S(=O)(=O)c1ccccc1N. The molecule has 8 heteroatoms. The fraction of sp³-hybridized carbons (Fsp3) is 0.500. The average Bonchev–Trinajstić information content (AvgIpc) is 2.33. The van der Waals surface area contributed by atoms with Gasteiger partial charge in [-0.2, -0.15) is 17.5 Å². The summed E-state index contributed by atoms with van der Waals surface area (Å²) in [4.78, 5) is -0.291. The molecule has 0 aliphatic heterocycles. The standard InChI is InChI=1S/C12H17F3N2O2S/c1-2-3-8-17(9-12(13,14)15)20(18,19)11-7-5-4-6-10(11)16/h4-7H,2-3,8-9,16H2,1H3. The van der Waals surface area contributed by atoms with Crippen LogP contribution < -0.4 is 5.73 Å². The lowest BCUT2D eigenvalue weighted by Gasteiger charge is -2.23. The van der Waals surface area contributed by atoms with E-state index in [0.717, 1.165) is 0 Å². The smallest absolute Gasteiger partial charge is 0.398 e. The summed E-state index contributed by atoms with van der Waals surface area (Å²) >= 11 is 0. The fourth-order valence-electron chi connectivity index (χ4n) is 1.67. The third-order valence-electron chi connectivity index (χ3n) is 2.65. The molecule has 0 fully saturated rings. The lowest BCUT2D eigenvalue weighted by Crippen LogP contribution is -2.39. The molecule has 0 unspecified atom stereocenters. The van der Waals surface area contributed by atoms with Gasteiger partial charge in [-0.05, 0) is 18.6 Å². The summed E-state index contributed by atoms with van der Waals surface area (Å²) in [5.41, 5.74) is 5.49. The quantitative estimate of drug-likeness (QED) is 0.822. The van der Waals surface area contributed by atoms with Gasteiger partial charge in [0.25, 0.3) is 0 Å². The van der Waals surface area contributed by atoms with Gasteiger partial charge in [0, 0.05) is 6.54 Å². The Morgan fingerprint density at radius 2 is 1.85 bits per heavy atom. The molecule has 0 aliphatic rings. The number of anilines is 1. The molecule has 114 valence electrons. The Balaban J connectivity index is 3.14. The minimum atomic E-state index is -4.59. The van der Waals surface area contributed by atoms with E-state index in [0.29, 0.717) is 17.1 Å². The molecule has 1 rings (SSSR count). The molecule has 4 nitrogen and oxygen atoms in total. The van der Waals surface area contributed by atoms with Crippen molar-refractivity contribution in [3.05, 3.63) is 24.3 Å². The zero-order valence-electron chi connectivity index (χ0n) is 11.0. The van der Waals surface area contributed by atoms with E-state index >= 15 is 0 Å². The van der Waals surface area contributed by atoms with Crippen molar-refractivity contribution in [2.75, 3.05) is 18.8 Å². The van der Waals surface area contributed by atoms with E-state index in [4.69, 9.17) is 5.73 Å². The molecule has 1 aromatic rings. The Labute approximate surface area is 116 Å². The van der Waals surface area contributed by atoms with Crippen LogP contribution in [0.4, 0.5) is 18.9 Å². The van der Waals surface area contributed by atoms with Crippen LogP contribution in [0.25, 0.3) is 0 Å². The molecule has 0 saturated heterocycles. The van der Waals surface area contributed by atoms with Gasteiger partial charge in [-0.15, -0.1) is 0 Å². The Morgan fingerprint density at radius 3 is 2.35 bits per heavy atom. The van der Waals surface area contributed by atoms with E-state index in [1.54, 1.807) is 6.92 Å². The number of sulfonamides is 1. The molecule has 0 aromatic heterocycles. The van der Waals surface area contributed by atoms with Gasteiger partial charge in [-0.1, -0.05) is 25.5 Å². The lowest BCUT2D eigenvalue weighted by atomic mass is 10.3. The van der Waals surface area contributed by atoms with Crippen LogP contribution in [0, 0.1) is 0 Å². The van der Waals surface area contributed by atoms with E-state index in [-0.39, 0.29) is 17.1 Å². The molecule has 0 heterocycles. The van der Waals surface area contributed by atoms with Crippen LogP contribution in [0.2, 0.25) is 0 Å². The van der Waals surface area contributed by atoms with Crippen molar-refractivity contribution < 1.29 is 21.6 Å². The van der Waals surface area contributed by atoms with Crippen LogP contribution in [0.1, 0.15) is 19.8 Å². The van der Waals surface area contributed by atoms with Crippen molar-refractivity contribution in [2.45, 2.75) is 30.8 Å². The minimum absolute atomic E-state index is 0.0591. The molecule has 0 spiro atoms. The molecular formula is C12H17F3N2O2S. The van der Waals surface area contributed by atoms with E-state index in [1.165, 1.54) is 24.3 Å². The predicted molar refractivity (Wildman–Crippen MR) is 70.6 cm³/mol. The number of hydrogen-bond donors (Lipinski definition) is 1. The number of nitrogens with zero attached hydrogens (tertiary/aromatic N) is 1. The van der Waals surface area contributed by atoms with Gasteiger partial charge in [0.2, 0.25) is 10.0 Å². The molecule has 0 radical (unpaired) electrons. The highest BCUT2D eigenvalue weighted by Crippen LogP contribution is 2.26. The average molecular weight is 310 g/mol. The molecule has 20 heavy (non-hydrogen) atoms. The maximum atomic E-state index is 12.5. The first-order valence-electron chi connectivity index (χ1n) is 6.10. The summed E-state index contributed by atoms with van der Waals surface area (Å²) < 4.78 is 62.6. The van der Waals surface area contributed by atoms with Gasteiger partial charge in [0.05, 0.1) is 5.69 Å². The van der Waals surface area contributed by atoms with Crippen molar-refractivity contribution in [3.8, 4) is 0 Å². The second kappa shape index (κ2) is 6.45. The number of nitrogens with two attached hydrogens (primary N) is 1. The van der Waals surface area contributed by atoms with Crippen molar-refractivity contribution in [2.24, 2.45) is 0 Å². The lowest BCUT2D eigenvalue weighted by molar-refractivity contribution is -0.136. The van der Waals surface area contributed by atoms with Gasteiger partial charge >= 0.3 is 6.18 Å². The van der Waals surface area contributed by atoms with Crippen molar-refractivity contribution in [1.82, 2.24) is 4.31 Å². The van der Waals surface area contributed by atoms with Crippen LogP contribution >= 0.6 is 0 Å². The molecule has 2 N–H and O–H groups in total. The summed E-state index contributed by atoms with van der Waals surface area (Å²) in [6.45, 7) is 0.0750. The van der Waals surface area contributed by atoms with Crippen molar-refractivity contribution in [3.63, 3.8) is 0 Å². The van der Waals surface area contributed by atoms with Crippen molar-refractivity contribution >= 4 is 15.7 Å². The number of nitrogen functional groups attached to an aromatic ring is 1. The van der Waals surface area contributed by atoms with E-state index in [2.05, 4.69) is 0 Å². The molecule has 0 bridgehead atoms. The zero-order chi connectivity index (χ0) is 15.4. The summed E-state index contributed by atoms with van der Waals surface area (Å²) in [7, 11) is -4.25. The minimum Gasteiger partial charge on any atom is -0.398 e. The van der Waals surface area contributed by atoms with Crippen LogP contribution in [0.15, 0.2) is 29.2 Å². The number of rotatable bonds is 6. The third kappa shape index (κ3) is 4.38. The zero-order valence-corrected chi connectivity index (χ0v) is 11.8. The number of unbranched alkanes of at least 4 members (excludes halogenated alkanes) is 1. The highest BCUT2D eigenvalue weighted by Gasteiger charge is 2.37. The molecule has 0 aliphatic carbocycles. The number of halogens is 3. The maximum Gasteiger partial charge on any atom is 0.402 e. The predicted octanol–water partition coefficient (Wildman–Crippen LogP) is 2.62. The first kappa shape index (κ1) is 16.8. The third-order valence-corrected chi connectivity index (χ3v) is 4.57. The highest BCUT2D eigenvalue weighted by molar-refractivity contribution is 7.89. The Hall–Kier alpha value is -1.28. The Bertz CT molecular complexity index is 544. The summed E-state index contributed by atoms with van der Waals surface area (Å²) in [6.07, 6.45) is -3.65. The van der Waals surface area contributed by atoms with Crippen molar-refractivity contribution in [1.29, 1.82) is 0 Å². The van der Waals surface area contributed by atoms with E-state index in [1.807, 2.05) is 0 Å². The molecular weight excluding hydrogens is 293 g/mol. The first-order valence-corrected chi connectivity index (χ1v) is 7.54. The number of benzene rings is 1. The highest BCUT2D eigenvalue weighted by atomic mass is 32.2. The molecule has 0 atom stereocenters. The van der Waals surface area contributed by atoms with Crippen LogP contribution in [0.5, 0.6) is 0 Å². The van der Waals surface area contributed by atoms with Gasteiger partial charge in [-0.3, -0.25) is 0 Å². The molecule has 0 saturated carbocycles. The van der Waals surface area contributed by atoms with Gasteiger partial charge in [-0.25, -0.2) is 8.42 Å². The van der Waals surface area contributed by atoms with Crippen LogP contribution in [0.3, 0.4) is 0 Å².